The van der Waals surface area contributed by atoms with Gasteiger partial charge in [0.05, 0.1) is 12.8 Å². The summed E-state index contributed by atoms with van der Waals surface area (Å²) in [5, 5.41) is 17.5. The zero-order valence-corrected chi connectivity index (χ0v) is 14.7. The molecule has 0 fully saturated rings. The van der Waals surface area contributed by atoms with Gasteiger partial charge in [0.25, 0.3) is 5.91 Å². The smallest absolute Gasteiger partial charge is 0.291 e. The van der Waals surface area contributed by atoms with Crippen LogP contribution in [0.4, 0.5) is 0 Å². The maximum absolute atomic E-state index is 12.1. The quantitative estimate of drug-likeness (QED) is 0.511. The van der Waals surface area contributed by atoms with E-state index in [1.807, 2.05) is 24.3 Å². The molecule has 2 aromatic carbocycles. The van der Waals surface area contributed by atoms with Gasteiger partial charge in [-0.2, -0.15) is 10.2 Å². The van der Waals surface area contributed by atoms with Crippen molar-refractivity contribution in [3.63, 3.8) is 0 Å². The van der Waals surface area contributed by atoms with Crippen LogP contribution >= 0.6 is 15.9 Å². The monoisotopic (exact) mass is 398 g/mol. The molecule has 126 valence electrons. The topological polar surface area (TPSA) is 79.5 Å². The van der Waals surface area contributed by atoms with Crippen LogP contribution in [-0.2, 0) is 6.54 Å². The van der Waals surface area contributed by atoms with E-state index in [2.05, 4.69) is 31.6 Å². The van der Waals surface area contributed by atoms with Crippen LogP contribution in [0.5, 0.6) is 5.75 Å². The molecule has 6 nitrogen and oxygen atoms in total. The number of aromatic hydroxyl groups is 1. The predicted molar refractivity (Wildman–Crippen MR) is 98.6 cm³/mol. The van der Waals surface area contributed by atoms with Gasteiger partial charge >= 0.3 is 0 Å². The van der Waals surface area contributed by atoms with Crippen molar-refractivity contribution in [3.05, 3.63) is 82.1 Å². The van der Waals surface area contributed by atoms with Gasteiger partial charge < -0.3 is 5.11 Å². The number of nitrogens with zero attached hydrogens (tertiary/aromatic N) is 3. The van der Waals surface area contributed by atoms with Crippen LogP contribution in [0.15, 0.2) is 70.4 Å². The highest BCUT2D eigenvalue weighted by Crippen LogP contribution is 2.12. The maximum Gasteiger partial charge on any atom is 0.291 e. The van der Waals surface area contributed by atoms with E-state index < -0.39 is 5.91 Å². The molecule has 7 heteroatoms. The molecule has 0 aliphatic rings. The number of hydrazone groups is 1. The molecular weight excluding hydrogens is 384 g/mol. The highest BCUT2D eigenvalue weighted by atomic mass is 79.9. The molecule has 1 heterocycles. The number of amides is 1. The van der Waals surface area contributed by atoms with Crippen LogP contribution in [0.3, 0.4) is 0 Å². The van der Waals surface area contributed by atoms with Crippen molar-refractivity contribution in [3.8, 4) is 5.75 Å². The molecule has 0 saturated carbocycles. The van der Waals surface area contributed by atoms with Gasteiger partial charge in [-0.1, -0.05) is 40.2 Å². The van der Waals surface area contributed by atoms with Gasteiger partial charge in [0.1, 0.15) is 5.75 Å². The third kappa shape index (κ3) is 4.77. The zero-order valence-electron chi connectivity index (χ0n) is 13.1. The Morgan fingerprint density at radius 1 is 1.24 bits per heavy atom. The molecule has 0 unspecified atom stereocenters. The molecule has 0 bridgehead atoms. The number of carbonyl (C=O) groups excluding carboxylic acids is 1. The second-order valence-corrected chi connectivity index (χ2v) is 6.24. The molecule has 3 rings (SSSR count). The van der Waals surface area contributed by atoms with Crippen molar-refractivity contribution >= 4 is 28.1 Å². The van der Waals surface area contributed by atoms with E-state index in [4.69, 9.17) is 0 Å². The fraction of sp³-hybridized carbons (Fsp3) is 0.0556. The molecule has 0 saturated heterocycles. The number of aromatic nitrogens is 2. The lowest BCUT2D eigenvalue weighted by Gasteiger charge is -2.02. The van der Waals surface area contributed by atoms with Crippen LogP contribution in [-0.4, -0.2) is 27.0 Å². The number of carbonyl (C=O) groups is 1. The average molecular weight is 399 g/mol. The lowest BCUT2D eigenvalue weighted by atomic mass is 10.2. The second-order valence-electron chi connectivity index (χ2n) is 5.32. The van der Waals surface area contributed by atoms with Crippen LogP contribution < -0.4 is 5.43 Å². The third-order valence-corrected chi connectivity index (χ3v) is 3.85. The minimum absolute atomic E-state index is 0.140. The number of hydrogen-bond donors (Lipinski definition) is 2. The molecule has 1 amide bonds. The average Bonchev–Trinajstić information content (AvgIpc) is 3.03. The van der Waals surface area contributed by atoms with Crippen molar-refractivity contribution in [2.75, 3.05) is 0 Å². The first kappa shape index (κ1) is 16.9. The van der Waals surface area contributed by atoms with E-state index >= 15 is 0 Å². The standard InChI is InChI=1S/C18H15BrN4O2/c19-15-5-1-4-14(9-15)12-23-8-7-17(22-23)18(25)21-20-11-13-3-2-6-16(24)10-13/h1-11,24H,12H2,(H,21,25)/b20-11-. The second kappa shape index (κ2) is 7.76. The molecule has 0 aliphatic carbocycles. The maximum atomic E-state index is 12.1. The van der Waals surface area contributed by atoms with Gasteiger partial charge in [-0.15, -0.1) is 0 Å². The largest absolute Gasteiger partial charge is 0.508 e. The Balaban J connectivity index is 1.60. The summed E-state index contributed by atoms with van der Waals surface area (Å²) in [5.74, 6) is -0.258. The Morgan fingerprint density at radius 3 is 2.88 bits per heavy atom. The van der Waals surface area contributed by atoms with E-state index in [1.165, 1.54) is 6.21 Å². The number of phenolic OH excluding ortho intramolecular Hbond substituents is 1. The fourth-order valence-corrected chi connectivity index (χ4v) is 2.67. The van der Waals surface area contributed by atoms with E-state index in [9.17, 15) is 9.90 Å². The van der Waals surface area contributed by atoms with Crippen molar-refractivity contribution in [1.82, 2.24) is 15.2 Å². The van der Waals surface area contributed by atoms with E-state index in [0.717, 1.165) is 10.0 Å². The first-order chi connectivity index (χ1) is 12.1. The predicted octanol–water partition coefficient (Wildman–Crippen LogP) is 3.16. The Kier molecular flexibility index (Phi) is 5.25. The minimum atomic E-state index is -0.399. The Labute approximate surface area is 152 Å². The van der Waals surface area contributed by atoms with Crippen LogP contribution in [0.25, 0.3) is 0 Å². The van der Waals surface area contributed by atoms with E-state index in [-0.39, 0.29) is 11.4 Å². The van der Waals surface area contributed by atoms with Crippen LogP contribution in [0, 0.1) is 0 Å². The first-order valence-corrected chi connectivity index (χ1v) is 8.30. The van der Waals surface area contributed by atoms with E-state index in [0.29, 0.717) is 12.1 Å². The van der Waals surface area contributed by atoms with Crippen LogP contribution in [0.2, 0.25) is 0 Å². The summed E-state index contributed by atoms with van der Waals surface area (Å²) >= 11 is 3.43. The first-order valence-electron chi connectivity index (χ1n) is 7.50. The Morgan fingerprint density at radius 2 is 2.08 bits per heavy atom. The van der Waals surface area contributed by atoms with E-state index in [1.54, 1.807) is 41.2 Å². The summed E-state index contributed by atoms with van der Waals surface area (Å²) < 4.78 is 2.69. The van der Waals surface area contributed by atoms with Crippen molar-refractivity contribution in [2.24, 2.45) is 5.10 Å². The molecule has 0 radical (unpaired) electrons. The molecule has 0 spiro atoms. The molecule has 0 aliphatic heterocycles. The number of hydrogen-bond acceptors (Lipinski definition) is 4. The molecular formula is C18H15BrN4O2. The number of nitrogens with one attached hydrogen (secondary N) is 1. The number of halogens is 1. The minimum Gasteiger partial charge on any atom is -0.508 e. The third-order valence-electron chi connectivity index (χ3n) is 3.36. The summed E-state index contributed by atoms with van der Waals surface area (Å²) in [6.07, 6.45) is 3.20. The fourth-order valence-electron chi connectivity index (χ4n) is 2.22. The Bertz CT molecular complexity index is 921. The zero-order chi connectivity index (χ0) is 17.6. The van der Waals surface area contributed by atoms with Gasteiger partial charge in [0.15, 0.2) is 5.69 Å². The highest BCUT2D eigenvalue weighted by Gasteiger charge is 2.08. The number of phenols is 1. The summed E-state index contributed by atoms with van der Waals surface area (Å²) in [7, 11) is 0. The van der Waals surface area contributed by atoms with Gasteiger partial charge in [0.2, 0.25) is 0 Å². The SMILES string of the molecule is O=C(N/N=C\c1cccc(O)c1)c1ccn(Cc2cccc(Br)c2)n1. The van der Waals surface area contributed by atoms with Crippen molar-refractivity contribution in [2.45, 2.75) is 6.54 Å². The van der Waals surface area contributed by atoms with Crippen molar-refractivity contribution < 1.29 is 9.90 Å². The molecule has 3 aromatic rings. The van der Waals surface area contributed by atoms with Gasteiger partial charge in [-0.3, -0.25) is 9.48 Å². The molecule has 0 atom stereocenters. The molecule has 2 N–H and O–H groups in total. The van der Waals surface area contributed by atoms with Gasteiger partial charge in [-0.05, 0) is 41.5 Å². The van der Waals surface area contributed by atoms with Crippen LogP contribution in [0.1, 0.15) is 21.6 Å². The normalized spacial score (nSPS) is 10.9. The lowest BCUT2D eigenvalue weighted by Crippen LogP contribution is -2.18. The van der Waals surface area contributed by atoms with Gasteiger partial charge in [0, 0.05) is 10.7 Å². The summed E-state index contributed by atoms with van der Waals surface area (Å²) in [6, 6.07) is 16.1. The van der Waals surface area contributed by atoms with Gasteiger partial charge in [-0.25, -0.2) is 5.43 Å². The lowest BCUT2D eigenvalue weighted by molar-refractivity contribution is 0.0949. The number of rotatable bonds is 5. The molecule has 1 aromatic heterocycles. The molecule has 25 heavy (non-hydrogen) atoms. The Hall–Kier alpha value is -2.93. The van der Waals surface area contributed by atoms with Crippen molar-refractivity contribution in [1.29, 1.82) is 0 Å². The summed E-state index contributed by atoms with van der Waals surface area (Å²) in [5.41, 5.74) is 4.46. The number of benzene rings is 2. The summed E-state index contributed by atoms with van der Waals surface area (Å²) in [6.45, 7) is 0.569. The summed E-state index contributed by atoms with van der Waals surface area (Å²) in [4.78, 5) is 12.1. The highest BCUT2D eigenvalue weighted by molar-refractivity contribution is 9.10.